The molecule has 5 nitrogen and oxygen atoms in total. The van der Waals surface area contributed by atoms with Crippen LogP contribution < -0.4 is 5.32 Å². The van der Waals surface area contributed by atoms with E-state index in [4.69, 9.17) is 4.74 Å². The molecule has 0 aliphatic carbocycles. The molecule has 19 heavy (non-hydrogen) atoms. The summed E-state index contributed by atoms with van der Waals surface area (Å²) in [5.41, 5.74) is 0. The van der Waals surface area contributed by atoms with Gasteiger partial charge in [-0.15, -0.1) is 0 Å². The highest BCUT2D eigenvalue weighted by Crippen LogP contribution is 2.13. The first kappa shape index (κ1) is 16.0. The normalized spacial score (nSPS) is 22.4. The molecule has 1 heterocycles. The first-order valence-electron chi connectivity index (χ1n) is 7.01. The van der Waals surface area contributed by atoms with E-state index < -0.39 is 0 Å². The van der Waals surface area contributed by atoms with Crippen molar-refractivity contribution in [2.75, 3.05) is 26.8 Å². The van der Waals surface area contributed by atoms with Gasteiger partial charge in [0.2, 0.25) is 11.8 Å². The van der Waals surface area contributed by atoms with Crippen LogP contribution in [-0.4, -0.2) is 49.6 Å². The lowest BCUT2D eigenvalue weighted by Gasteiger charge is -2.27. The Hall–Kier alpha value is -1.10. The molecule has 0 spiro atoms. The standard InChI is InChI=1S/C14H26N2O3/c1-10(2)7-12-14(18)16(6-5-13(17)15-12)8-11(3)9-19-4/h10-12H,5-9H2,1-4H3,(H,15,17). The summed E-state index contributed by atoms with van der Waals surface area (Å²) >= 11 is 0. The van der Waals surface area contributed by atoms with Gasteiger partial charge in [-0.25, -0.2) is 0 Å². The van der Waals surface area contributed by atoms with Gasteiger partial charge in [-0.1, -0.05) is 20.8 Å². The Balaban J connectivity index is 2.69. The monoisotopic (exact) mass is 270 g/mol. The quantitative estimate of drug-likeness (QED) is 0.784. The highest BCUT2D eigenvalue weighted by molar-refractivity contribution is 5.89. The lowest BCUT2D eigenvalue weighted by Crippen LogP contribution is -2.46. The van der Waals surface area contributed by atoms with E-state index in [-0.39, 0.29) is 23.8 Å². The largest absolute Gasteiger partial charge is 0.384 e. The summed E-state index contributed by atoms with van der Waals surface area (Å²) in [6.45, 7) is 7.95. The number of carbonyl (C=O) groups is 2. The smallest absolute Gasteiger partial charge is 0.245 e. The molecule has 0 saturated carbocycles. The predicted molar refractivity (Wildman–Crippen MR) is 73.6 cm³/mol. The molecule has 0 aromatic carbocycles. The number of rotatable bonds is 6. The minimum Gasteiger partial charge on any atom is -0.384 e. The molecule has 1 aliphatic rings. The third-order valence-corrected chi connectivity index (χ3v) is 3.24. The maximum atomic E-state index is 12.4. The maximum Gasteiger partial charge on any atom is 0.245 e. The van der Waals surface area contributed by atoms with Crippen LogP contribution in [0.15, 0.2) is 0 Å². The number of nitrogens with zero attached hydrogens (tertiary/aromatic N) is 1. The molecule has 2 unspecified atom stereocenters. The molecule has 1 fully saturated rings. The summed E-state index contributed by atoms with van der Waals surface area (Å²) in [6, 6.07) is -0.371. The van der Waals surface area contributed by atoms with E-state index in [2.05, 4.69) is 19.2 Å². The predicted octanol–water partition coefficient (Wildman–Crippen LogP) is 1.03. The van der Waals surface area contributed by atoms with Crippen molar-refractivity contribution >= 4 is 11.8 Å². The molecule has 2 atom stereocenters. The van der Waals surface area contributed by atoms with Gasteiger partial charge in [-0.3, -0.25) is 9.59 Å². The Morgan fingerprint density at radius 2 is 2.05 bits per heavy atom. The Morgan fingerprint density at radius 1 is 1.37 bits per heavy atom. The molecule has 1 N–H and O–H groups in total. The molecule has 1 saturated heterocycles. The Bertz CT molecular complexity index is 318. The Labute approximate surface area is 115 Å². The molecule has 110 valence electrons. The van der Waals surface area contributed by atoms with Crippen molar-refractivity contribution in [3.63, 3.8) is 0 Å². The summed E-state index contributed by atoms with van der Waals surface area (Å²) in [4.78, 5) is 25.9. The van der Waals surface area contributed by atoms with Crippen LogP contribution in [0.1, 0.15) is 33.6 Å². The van der Waals surface area contributed by atoms with Crippen molar-refractivity contribution in [3.8, 4) is 0 Å². The van der Waals surface area contributed by atoms with E-state index in [0.29, 0.717) is 38.5 Å². The van der Waals surface area contributed by atoms with E-state index in [1.807, 2.05) is 6.92 Å². The number of amides is 2. The SMILES string of the molecule is COCC(C)CN1CCC(=O)NC(CC(C)C)C1=O. The van der Waals surface area contributed by atoms with Gasteiger partial charge >= 0.3 is 0 Å². The van der Waals surface area contributed by atoms with Gasteiger partial charge in [0.25, 0.3) is 0 Å². The number of hydrogen-bond donors (Lipinski definition) is 1. The fraction of sp³-hybridized carbons (Fsp3) is 0.857. The van der Waals surface area contributed by atoms with Crippen LogP contribution >= 0.6 is 0 Å². The van der Waals surface area contributed by atoms with Crippen molar-refractivity contribution in [3.05, 3.63) is 0 Å². The van der Waals surface area contributed by atoms with Gasteiger partial charge in [0.05, 0.1) is 6.61 Å². The van der Waals surface area contributed by atoms with E-state index in [9.17, 15) is 9.59 Å². The minimum absolute atomic E-state index is 0.0269. The Morgan fingerprint density at radius 3 is 2.63 bits per heavy atom. The van der Waals surface area contributed by atoms with Crippen LogP contribution in [0.4, 0.5) is 0 Å². The highest BCUT2D eigenvalue weighted by atomic mass is 16.5. The van der Waals surface area contributed by atoms with Crippen molar-refractivity contribution < 1.29 is 14.3 Å². The lowest BCUT2D eigenvalue weighted by atomic mass is 10.0. The second-order valence-corrected chi connectivity index (χ2v) is 5.84. The molecule has 0 aromatic rings. The van der Waals surface area contributed by atoms with Gasteiger partial charge in [0.15, 0.2) is 0 Å². The van der Waals surface area contributed by atoms with E-state index in [0.717, 1.165) is 0 Å². The molecular formula is C14H26N2O3. The summed E-state index contributed by atoms with van der Waals surface area (Å²) in [5.74, 6) is 0.677. The zero-order chi connectivity index (χ0) is 14.4. The average Bonchev–Trinajstić information content (AvgIpc) is 2.43. The van der Waals surface area contributed by atoms with E-state index in [1.54, 1.807) is 12.0 Å². The number of hydrogen-bond acceptors (Lipinski definition) is 3. The number of carbonyl (C=O) groups excluding carboxylic acids is 2. The van der Waals surface area contributed by atoms with E-state index in [1.165, 1.54) is 0 Å². The summed E-state index contributed by atoms with van der Waals surface area (Å²) in [6.07, 6.45) is 1.08. The highest BCUT2D eigenvalue weighted by Gasteiger charge is 2.30. The number of ether oxygens (including phenoxy) is 1. The second-order valence-electron chi connectivity index (χ2n) is 5.84. The van der Waals surface area contributed by atoms with Crippen molar-refractivity contribution in [2.24, 2.45) is 11.8 Å². The second kappa shape index (κ2) is 7.48. The summed E-state index contributed by atoms with van der Waals surface area (Å²) in [7, 11) is 1.66. The third kappa shape index (κ3) is 5.19. The molecule has 0 bridgehead atoms. The molecule has 0 radical (unpaired) electrons. The first-order valence-corrected chi connectivity index (χ1v) is 7.01. The van der Waals surface area contributed by atoms with Crippen LogP contribution in [0.3, 0.4) is 0 Å². The van der Waals surface area contributed by atoms with E-state index >= 15 is 0 Å². The number of nitrogens with one attached hydrogen (secondary N) is 1. The molecular weight excluding hydrogens is 244 g/mol. The topological polar surface area (TPSA) is 58.6 Å². The minimum atomic E-state index is -0.371. The average molecular weight is 270 g/mol. The fourth-order valence-electron chi connectivity index (χ4n) is 2.42. The third-order valence-electron chi connectivity index (χ3n) is 3.24. The van der Waals surface area contributed by atoms with Crippen LogP contribution in [0.5, 0.6) is 0 Å². The van der Waals surface area contributed by atoms with Crippen LogP contribution in [0, 0.1) is 11.8 Å². The van der Waals surface area contributed by atoms with Gasteiger partial charge in [0.1, 0.15) is 6.04 Å². The van der Waals surface area contributed by atoms with Gasteiger partial charge in [0, 0.05) is 26.6 Å². The molecule has 1 aliphatic heterocycles. The van der Waals surface area contributed by atoms with Crippen LogP contribution in [0.2, 0.25) is 0 Å². The van der Waals surface area contributed by atoms with Crippen LogP contribution in [-0.2, 0) is 14.3 Å². The molecule has 0 aromatic heterocycles. The lowest BCUT2D eigenvalue weighted by molar-refractivity contribution is -0.134. The molecule has 5 heteroatoms. The maximum absolute atomic E-state index is 12.4. The van der Waals surface area contributed by atoms with Crippen molar-refractivity contribution in [1.29, 1.82) is 0 Å². The fourth-order valence-corrected chi connectivity index (χ4v) is 2.42. The van der Waals surface area contributed by atoms with Gasteiger partial charge in [-0.05, 0) is 18.3 Å². The zero-order valence-electron chi connectivity index (χ0n) is 12.4. The summed E-state index contributed by atoms with van der Waals surface area (Å²) in [5, 5.41) is 2.83. The first-order chi connectivity index (χ1) is 8.93. The Kier molecular flexibility index (Phi) is 6.28. The molecule has 2 amide bonds. The summed E-state index contributed by atoms with van der Waals surface area (Å²) < 4.78 is 5.10. The zero-order valence-corrected chi connectivity index (χ0v) is 12.4. The van der Waals surface area contributed by atoms with Gasteiger partial charge < -0.3 is 15.0 Å². The van der Waals surface area contributed by atoms with Crippen molar-refractivity contribution in [1.82, 2.24) is 10.2 Å². The van der Waals surface area contributed by atoms with Crippen LogP contribution in [0.25, 0.3) is 0 Å². The molecule has 1 rings (SSSR count). The van der Waals surface area contributed by atoms with Gasteiger partial charge in [-0.2, -0.15) is 0 Å². The number of methoxy groups -OCH3 is 1. The van der Waals surface area contributed by atoms with Crippen molar-refractivity contribution in [2.45, 2.75) is 39.7 Å².